The molecule has 155 valence electrons. The second-order valence-electron chi connectivity index (χ2n) is 7.67. The predicted octanol–water partition coefficient (Wildman–Crippen LogP) is 3.57. The number of pyridine rings is 2. The smallest absolute Gasteiger partial charge is 0.215 e. The molecule has 7 heteroatoms. The van der Waals surface area contributed by atoms with Crippen LogP contribution in [0.15, 0.2) is 60.9 Å². The Hall–Kier alpha value is -3.71. The Labute approximate surface area is 180 Å². The van der Waals surface area contributed by atoms with Gasteiger partial charge in [0, 0.05) is 54.1 Å². The molecule has 0 unspecified atom stereocenters. The van der Waals surface area contributed by atoms with Crippen LogP contribution >= 0.6 is 0 Å². The molecule has 3 aromatic heterocycles. The number of hydrogen-bond donors (Lipinski definition) is 2. The topological polar surface area (TPSA) is 97.7 Å². The Morgan fingerprint density at radius 1 is 1.06 bits per heavy atom. The van der Waals surface area contributed by atoms with Crippen LogP contribution in [0.3, 0.4) is 0 Å². The third-order valence-electron chi connectivity index (χ3n) is 5.66. The number of fused-ring (bicyclic) bond motifs is 1. The molecule has 1 radical (unpaired) electrons. The highest BCUT2D eigenvalue weighted by Crippen LogP contribution is 2.30. The third-order valence-corrected chi connectivity index (χ3v) is 5.66. The molecule has 0 amide bonds. The maximum absolute atomic E-state index is 13.3. The first kappa shape index (κ1) is 19.3. The maximum Gasteiger partial charge on any atom is 0.215 e. The van der Waals surface area contributed by atoms with Crippen molar-refractivity contribution in [3.63, 3.8) is 0 Å². The summed E-state index contributed by atoms with van der Waals surface area (Å²) in [4.78, 5) is 27.6. The largest absolute Gasteiger partial charge is 0.361 e. The van der Waals surface area contributed by atoms with Crippen LogP contribution in [0, 0.1) is 0 Å². The van der Waals surface area contributed by atoms with Gasteiger partial charge in [-0.3, -0.25) is 10.5 Å². The molecule has 4 aromatic rings. The first-order valence-electron chi connectivity index (χ1n) is 10.5. The number of para-hydroxylation sites is 1. The number of rotatable bonds is 4. The quantitative estimate of drug-likeness (QED) is 0.500. The van der Waals surface area contributed by atoms with Gasteiger partial charge in [-0.05, 0) is 37.2 Å². The van der Waals surface area contributed by atoms with Crippen LogP contribution in [-0.4, -0.2) is 46.9 Å². The molecule has 1 fully saturated rings. The zero-order chi connectivity index (χ0) is 21.2. The van der Waals surface area contributed by atoms with E-state index in [4.69, 9.17) is 5.73 Å². The fraction of sp³-hybridized carbons (Fsp3) is 0.208. The van der Waals surface area contributed by atoms with Crippen molar-refractivity contribution in [3.05, 3.63) is 72.2 Å². The molecule has 31 heavy (non-hydrogen) atoms. The van der Waals surface area contributed by atoms with Gasteiger partial charge in [-0.2, -0.15) is 0 Å². The van der Waals surface area contributed by atoms with Gasteiger partial charge in [-0.25, -0.2) is 9.97 Å². The molecule has 4 heterocycles. The van der Waals surface area contributed by atoms with Crippen molar-refractivity contribution in [2.24, 2.45) is 0 Å². The van der Waals surface area contributed by atoms with Crippen LogP contribution in [0.4, 0.5) is 11.6 Å². The number of anilines is 1. The fourth-order valence-electron chi connectivity index (χ4n) is 4.03. The normalized spacial score (nSPS) is 14.5. The van der Waals surface area contributed by atoms with Gasteiger partial charge in [0.15, 0.2) is 5.82 Å². The zero-order valence-corrected chi connectivity index (χ0v) is 17.1. The Kier molecular flexibility index (Phi) is 5.09. The molecule has 1 aliphatic heterocycles. The highest BCUT2D eigenvalue weighted by atomic mass is 16.1. The summed E-state index contributed by atoms with van der Waals surface area (Å²) in [6, 6.07) is 15.2. The Bertz CT molecular complexity index is 1240. The Morgan fingerprint density at radius 3 is 2.90 bits per heavy atom. The molecule has 0 aliphatic carbocycles. The molecule has 7 nitrogen and oxygen atoms in total. The highest BCUT2D eigenvalue weighted by molar-refractivity contribution is 6.11. The van der Waals surface area contributed by atoms with Gasteiger partial charge in [0.05, 0.1) is 5.56 Å². The van der Waals surface area contributed by atoms with Crippen molar-refractivity contribution in [2.75, 3.05) is 31.1 Å². The van der Waals surface area contributed by atoms with E-state index >= 15 is 0 Å². The second kappa shape index (κ2) is 8.20. The maximum atomic E-state index is 13.3. The summed E-state index contributed by atoms with van der Waals surface area (Å²) in [7, 11) is 0. The summed E-state index contributed by atoms with van der Waals surface area (Å²) < 4.78 is 0. The lowest BCUT2D eigenvalue weighted by Gasteiger charge is -2.21. The minimum atomic E-state index is -0.283. The van der Waals surface area contributed by atoms with E-state index in [2.05, 4.69) is 25.2 Å². The summed E-state index contributed by atoms with van der Waals surface area (Å²) in [5, 5.41) is 4.43. The molecule has 1 aliphatic rings. The zero-order valence-electron chi connectivity index (χ0n) is 17.1. The molecule has 0 bridgehead atoms. The van der Waals surface area contributed by atoms with Crippen LogP contribution in [0.25, 0.3) is 22.0 Å². The van der Waals surface area contributed by atoms with Crippen molar-refractivity contribution >= 4 is 28.3 Å². The molecular weight excluding hydrogens is 388 g/mol. The first-order valence-corrected chi connectivity index (χ1v) is 10.5. The average molecular weight is 411 g/mol. The SMILES string of the molecule is [NH]c1ncc(-c2c[nH]c3ccccc23)cc1C(=O)c1cccc(N2CCCNCC2)n1. The Morgan fingerprint density at radius 2 is 1.97 bits per heavy atom. The number of aromatic nitrogens is 3. The number of carbonyl (C=O) groups excluding carboxylic acids is 1. The van der Waals surface area contributed by atoms with E-state index in [1.54, 1.807) is 18.3 Å². The van der Waals surface area contributed by atoms with Crippen LogP contribution in [0.5, 0.6) is 0 Å². The first-order chi connectivity index (χ1) is 15.2. The number of H-pyrrole nitrogens is 1. The van der Waals surface area contributed by atoms with Crippen molar-refractivity contribution in [2.45, 2.75) is 6.42 Å². The molecule has 1 saturated heterocycles. The van der Waals surface area contributed by atoms with Gasteiger partial charge in [0.2, 0.25) is 5.78 Å². The number of hydrogen-bond acceptors (Lipinski definition) is 5. The van der Waals surface area contributed by atoms with Crippen LogP contribution in [-0.2, 0) is 0 Å². The minimum absolute atomic E-state index is 0.0419. The summed E-state index contributed by atoms with van der Waals surface area (Å²) in [5.41, 5.74) is 11.6. The lowest BCUT2D eigenvalue weighted by Crippen LogP contribution is -2.28. The van der Waals surface area contributed by atoms with Gasteiger partial charge < -0.3 is 15.2 Å². The van der Waals surface area contributed by atoms with Gasteiger partial charge in [0.1, 0.15) is 11.5 Å². The minimum Gasteiger partial charge on any atom is -0.361 e. The van der Waals surface area contributed by atoms with Crippen molar-refractivity contribution in [1.82, 2.24) is 26.0 Å². The second-order valence-corrected chi connectivity index (χ2v) is 7.67. The molecule has 5 rings (SSSR count). The molecule has 0 atom stereocenters. The monoisotopic (exact) mass is 411 g/mol. The van der Waals surface area contributed by atoms with E-state index in [-0.39, 0.29) is 17.2 Å². The number of carbonyl (C=O) groups is 1. The van der Waals surface area contributed by atoms with Crippen molar-refractivity contribution in [3.8, 4) is 11.1 Å². The van der Waals surface area contributed by atoms with Gasteiger partial charge in [-0.15, -0.1) is 0 Å². The summed E-state index contributed by atoms with van der Waals surface area (Å²) >= 11 is 0. The highest BCUT2D eigenvalue weighted by Gasteiger charge is 2.19. The van der Waals surface area contributed by atoms with E-state index in [0.29, 0.717) is 5.69 Å². The molecule has 3 N–H and O–H groups in total. The number of ketones is 1. The van der Waals surface area contributed by atoms with Crippen molar-refractivity contribution in [1.29, 1.82) is 0 Å². The van der Waals surface area contributed by atoms with Crippen LogP contribution in [0.1, 0.15) is 22.5 Å². The number of nitrogens with zero attached hydrogens (tertiary/aromatic N) is 3. The van der Waals surface area contributed by atoms with Gasteiger partial charge >= 0.3 is 0 Å². The Balaban J connectivity index is 1.50. The molecule has 1 aromatic carbocycles. The average Bonchev–Trinajstić information content (AvgIpc) is 3.05. The predicted molar refractivity (Wildman–Crippen MR) is 122 cm³/mol. The molecule has 0 spiro atoms. The van der Waals surface area contributed by atoms with E-state index in [1.165, 1.54) is 0 Å². The molecule has 0 saturated carbocycles. The van der Waals surface area contributed by atoms with Crippen LogP contribution < -0.4 is 16.0 Å². The van der Waals surface area contributed by atoms with Crippen LogP contribution in [0.2, 0.25) is 0 Å². The van der Waals surface area contributed by atoms with Crippen molar-refractivity contribution < 1.29 is 4.79 Å². The van der Waals surface area contributed by atoms with E-state index in [1.807, 2.05) is 42.6 Å². The summed E-state index contributed by atoms with van der Waals surface area (Å²) in [6.45, 7) is 3.64. The van der Waals surface area contributed by atoms with E-state index < -0.39 is 0 Å². The van der Waals surface area contributed by atoms with Gasteiger partial charge in [-0.1, -0.05) is 24.3 Å². The van der Waals surface area contributed by atoms with Gasteiger partial charge in [0.25, 0.3) is 0 Å². The number of aromatic amines is 1. The van der Waals surface area contributed by atoms with E-state index in [0.717, 1.165) is 60.4 Å². The molecular formula is C24H23N6O. The standard InChI is InChI=1S/C24H23N6O/c25-24-18(13-16(14-28-24)19-15-27-20-6-2-1-5-17(19)20)23(31)21-7-3-8-22(29-21)30-11-4-9-26-10-12-30/h1-3,5-8,13-15,25-27H,4,9-12H2. The van der Waals surface area contributed by atoms with E-state index in [9.17, 15) is 4.79 Å². The fourth-order valence-corrected chi connectivity index (χ4v) is 4.03. The number of nitrogens with one attached hydrogen (secondary N) is 3. The summed E-state index contributed by atoms with van der Waals surface area (Å²) in [6.07, 6.45) is 4.59. The lowest BCUT2D eigenvalue weighted by atomic mass is 10.0. The third kappa shape index (κ3) is 3.75. The lowest BCUT2D eigenvalue weighted by molar-refractivity contribution is 0.103. The number of benzene rings is 1. The summed E-state index contributed by atoms with van der Waals surface area (Å²) in [5.74, 6) is 0.468.